The van der Waals surface area contributed by atoms with Gasteiger partial charge in [-0.1, -0.05) is 0 Å². The molecule has 1 aliphatic heterocycles. The molecule has 4 heteroatoms. The Morgan fingerprint density at radius 1 is 1.62 bits per heavy atom. The van der Waals surface area contributed by atoms with Crippen molar-refractivity contribution in [1.29, 1.82) is 0 Å². The summed E-state index contributed by atoms with van der Waals surface area (Å²) in [5, 5.41) is 6.30. The monoisotopic (exact) mass is 238 g/mol. The lowest BCUT2D eigenvalue weighted by Crippen LogP contribution is -2.33. The van der Waals surface area contributed by atoms with Crippen molar-refractivity contribution < 1.29 is 4.79 Å². The Kier molecular flexibility index (Phi) is 3.61. The van der Waals surface area contributed by atoms with Crippen LogP contribution in [0.15, 0.2) is 12.1 Å². The molecule has 0 aromatic carbocycles. The van der Waals surface area contributed by atoms with E-state index in [2.05, 4.69) is 29.7 Å². The number of thiophene rings is 1. The van der Waals surface area contributed by atoms with Gasteiger partial charge in [-0.15, -0.1) is 11.3 Å². The fraction of sp³-hybridized carbons (Fsp3) is 0.583. The molecule has 3 nitrogen and oxygen atoms in total. The minimum atomic E-state index is 0.131. The summed E-state index contributed by atoms with van der Waals surface area (Å²) >= 11 is 1.75. The summed E-state index contributed by atoms with van der Waals surface area (Å²) < 4.78 is 0. The Hall–Kier alpha value is -0.870. The van der Waals surface area contributed by atoms with Crippen molar-refractivity contribution in [1.82, 2.24) is 10.6 Å². The van der Waals surface area contributed by atoms with E-state index in [4.69, 9.17) is 0 Å². The van der Waals surface area contributed by atoms with Crippen LogP contribution in [0.3, 0.4) is 0 Å². The van der Waals surface area contributed by atoms with Crippen LogP contribution in [0.1, 0.15) is 29.1 Å². The van der Waals surface area contributed by atoms with E-state index in [1.54, 1.807) is 11.3 Å². The van der Waals surface area contributed by atoms with Crippen LogP contribution in [0.5, 0.6) is 0 Å². The van der Waals surface area contributed by atoms with Crippen molar-refractivity contribution in [2.75, 3.05) is 13.1 Å². The molecule has 1 aromatic rings. The van der Waals surface area contributed by atoms with Gasteiger partial charge in [0.05, 0.1) is 12.0 Å². The third-order valence-electron chi connectivity index (χ3n) is 2.98. The van der Waals surface area contributed by atoms with E-state index in [0.717, 1.165) is 19.5 Å². The minimum absolute atomic E-state index is 0.131. The first-order valence-electron chi connectivity index (χ1n) is 5.74. The van der Waals surface area contributed by atoms with Crippen molar-refractivity contribution in [3.05, 3.63) is 21.9 Å². The molecule has 2 N–H and O–H groups in total. The van der Waals surface area contributed by atoms with Crippen LogP contribution in [0, 0.1) is 12.8 Å². The maximum absolute atomic E-state index is 11.9. The second-order valence-electron chi connectivity index (χ2n) is 4.37. The van der Waals surface area contributed by atoms with Crippen LogP contribution >= 0.6 is 11.3 Å². The maximum Gasteiger partial charge on any atom is 0.224 e. The molecule has 1 fully saturated rings. The predicted molar refractivity (Wildman–Crippen MR) is 66.6 cm³/mol. The zero-order valence-electron chi connectivity index (χ0n) is 9.75. The average molecular weight is 238 g/mol. The number of amides is 1. The van der Waals surface area contributed by atoms with Gasteiger partial charge in [-0.3, -0.25) is 4.79 Å². The van der Waals surface area contributed by atoms with E-state index in [9.17, 15) is 4.79 Å². The quantitative estimate of drug-likeness (QED) is 0.843. The van der Waals surface area contributed by atoms with E-state index in [1.807, 2.05) is 6.92 Å². The summed E-state index contributed by atoms with van der Waals surface area (Å²) in [7, 11) is 0. The van der Waals surface area contributed by atoms with Gasteiger partial charge in [0.25, 0.3) is 0 Å². The van der Waals surface area contributed by atoms with Gasteiger partial charge >= 0.3 is 0 Å². The van der Waals surface area contributed by atoms with E-state index in [-0.39, 0.29) is 17.9 Å². The fourth-order valence-electron chi connectivity index (χ4n) is 1.97. The predicted octanol–water partition coefficient (Wildman–Crippen LogP) is 1.84. The summed E-state index contributed by atoms with van der Waals surface area (Å²) in [5.41, 5.74) is 0. The van der Waals surface area contributed by atoms with Crippen molar-refractivity contribution in [3.63, 3.8) is 0 Å². The summed E-state index contributed by atoms with van der Waals surface area (Å²) in [6.45, 7) is 5.92. The third-order valence-corrected chi connectivity index (χ3v) is 4.16. The molecule has 0 aliphatic carbocycles. The van der Waals surface area contributed by atoms with Crippen LogP contribution in [0.4, 0.5) is 0 Å². The van der Waals surface area contributed by atoms with Crippen LogP contribution in [0.2, 0.25) is 0 Å². The molecular formula is C12H18N2OS. The molecule has 2 heterocycles. The van der Waals surface area contributed by atoms with Gasteiger partial charge < -0.3 is 10.6 Å². The number of aryl methyl sites for hydroxylation is 1. The molecular weight excluding hydrogens is 220 g/mol. The minimum Gasteiger partial charge on any atom is -0.348 e. The topological polar surface area (TPSA) is 41.1 Å². The van der Waals surface area contributed by atoms with Crippen molar-refractivity contribution in [2.24, 2.45) is 5.92 Å². The highest BCUT2D eigenvalue weighted by Gasteiger charge is 2.23. The lowest BCUT2D eigenvalue weighted by atomic mass is 10.1. The molecule has 2 atom stereocenters. The van der Waals surface area contributed by atoms with Crippen molar-refractivity contribution in [3.8, 4) is 0 Å². The Bertz CT molecular complexity index is 369. The molecule has 1 aliphatic rings. The molecule has 2 unspecified atom stereocenters. The number of nitrogens with one attached hydrogen (secondary N) is 2. The molecule has 1 aromatic heterocycles. The van der Waals surface area contributed by atoms with Gasteiger partial charge in [0.2, 0.25) is 5.91 Å². The molecule has 16 heavy (non-hydrogen) atoms. The molecule has 1 saturated heterocycles. The first kappa shape index (κ1) is 11.6. The SMILES string of the molecule is Cc1ccc(C(C)NC(=O)C2CCNC2)s1. The largest absolute Gasteiger partial charge is 0.348 e. The number of carbonyl (C=O) groups is 1. The Morgan fingerprint density at radius 3 is 3.00 bits per heavy atom. The second-order valence-corrected chi connectivity index (χ2v) is 5.69. The number of hydrogen-bond donors (Lipinski definition) is 2. The van der Waals surface area contributed by atoms with Crippen LogP contribution in [-0.2, 0) is 4.79 Å². The van der Waals surface area contributed by atoms with Gasteiger partial charge in [0.15, 0.2) is 0 Å². The highest BCUT2D eigenvalue weighted by molar-refractivity contribution is 7.12. The van der Waals surface area contributed by atoms with Crippen LogP contribution < -0.4 is 10.6 Å². The number of carbonyl (C=O) groups excluding carboxylic acids is 1. The Balaban J connectivity index is 1.91. The Labute approximate surface area is 100 Å². The zero-order chi connectivity index (χ0) is 11.5. The van der Waals surface area contributed by atoms with Gasteiger partial charge in [0.1, 0.15) is 0 Å². The van der Waals surface area contributed by atoms with Gasteiger partial charge in [-0.25, -0.2) is 0 Å². The number of rotatable bonds is 3. The third kappa shape index (κ3) is 2.62. The smallest absolute Gasteiger partial charge is 0.224 e. The second kappa shape index (κ2) is 4.97. The van der Waals surface area contributed by atoms with E-state index >= 15 is 0 Å². The normalized spacial score (nSPS) is 22.0. The summed E-state index contributed by atoms with van der Waals surface area (Å²) in [4.78, 5) is 14.4. The van der Waals surface area contributed by atoms with E-state index in [0.29, 0.717) is 0 Å². The zero-order valence-corrected chi connectivity index (χ0v) is 10.6. The lowest BCUT2D eigenvalue weighted by Gasteiger charge is -2.15. The standard InChI is InChI=1S/C12H18N2OS/c1-8-3-4-11(16-8)9(2)14-12(15)10-5-6-13-7-10/h3-4,9-10,13H,5-7H2,1-2H3,(H,14,15). The molecule has 2 rings (SSSR count). The number of hydrogen-bond acceptors (Lipinski definition) is 3. The summed E-state index contributed by atoms with van der Waals surface area (Å²) in [5.74, 6) is 0.340. The molecule has 1 amide bonds. The first-order chi connectivity index (χ1) is 7.66. The highest BCUT2D eigenvalue weighted by atomic mass is 32.1. The van der Waals surface area contributed by atoms with Gasteiger partial charge in [-0.05, 0) is 38.9 Å². The first-order valence-corrected chi connectivity index (χ1v) is 6.56. The van der Waals surface area contributed by atoms with E-state index in [1.165, 1.54) is 9.75 Å². The van der Waals surface area contributed by atoms with E-state index < -0.39 is 0 Å². The van der Waals surface area contributed by atoms with Crippen molar-refractivity contribution >= 4 is 17.2 Å². The lowest BCUT2D eigenvalue weighted by molar-refractivity contribution is -0.125. The summed E-state index contributed by atoms with van der Waals surface area (Å²) in [6, 6.07) is 4.32. The molecule has 0 spiro atoms. The average Bonchev–Trinajstić information content (AvgIpc) is 2.87. The fourth-order valence-corrected chi connectivity index (χ4v) is 2.85. The molecule has 0 saturated carbocycles. The molecule has 0 radical (unpaired) electrons. The van der Waals surface area contributed by atoms with Crippen LogP contribution in [0.25, 0.3) is 0 Å². The van der Waals surface area contributed by atoms with Gasteiger partial charge in [0, 0.05) is 16.3 Å². The Morgan fingerprint density at radius 2 is 2.44 bits per heavy atom. The summed E-state index contributed by atoms with van der Waals surface area (Å²) in [6.07, 6.45) is 0.960. The maximum atomic E-state index is 11.9. The van der Waals surface area contributed by atoms with Crippen LogP contribution in [-0.4, -0.2) is 19.0 Å². The highest BCUT2D eigenvalue weighted by Crippen LogP contribution is 2.22. The van der Waals surface area contributed by atoms with Gasteiger partial charge in [-0.2, -0.15) is 0 Å². The molecule has 88 valence electrons. The van der Waals surface area contributed by atoms with Crippen molar-refractivity contribution in [2.45, 2.75) is 26.3 Å². The molecule has 0 bridgehead atoms.